The van der Waals surface area contributed by atoms with Crippen molar-refractivity contribution in [3.05, 3.63) is 12.4 Å². The lowest BCUT2D eigenvalue weighted by molar-refractivity contribution is 0.312. The Bertz CT molecular complexity index is 340. The molecule has 0 aromatic carbocycles. The minimum absolute atomic E-state index is 0.388. The SMILES string of the molecule is CC(C)Nc1cnc(N2CCN(C)CC2)cn1. The molecule has 1 aliphatic heterocycles. The lowest BCUT2D eigenvalue weighted by atomic mass is 10.3. The fraction of sp³-hybridized carbons (Fsp3) is 0.667. The Morgan fingerprint density at radius 2 is 1.82 bits per heavy atom. The lowest BCUT2D eigenvalue weighted by Gasteiger charge is -2.32. The highest BCUT2D eigenvalue weighted by Gasteiger charge is 2.15. The molecule has 17 heavy (non-hydrogen) atoms. The molecule has 0 saturated carbocycles. The van der Waals surface area contributed by atoms with Gasteiger partial charge in [-0.15, -0.1) is 0 Å². The molecule has 5 heteroatoms. The van der Waals surface area contributed by atoms with Gasteiger partial charge in [-0.05, 0) is 20.9 Å². The van der Waals surface area contributed by atoms with Crippen molar-refractivity contribution in [2.45, 2.75) is 19.9 Å². The quantitative estimate of drug-likeness (QED) is 0.848. The standard InChI is InChI=1S/C12H21N5/c1-10(2)15-11-8-14-12(9-13-11)17-6-4-16(3)5-7-17/h8-10H,4-7H2,1-3H3,(H,13,15). The van der Waals surface area contributed by atoms with Gasteiger partial charge < -0.3 is 15.1 Å². The Kier molecular flexibility index (Phi) is 3.78. The van der Waals surface area contributed by atoms with Crippen LogP contribution in [0.1, 0.15) is 13.8 Å². The number of rotatable bonds is 3. The monoisotopic (exact) mass is 235 g/mol. The van der Waals surface area contributed by atoms with Gasteiger partial charge in [0.25, 0.3) is 0 Å². The number of likely N-dealkylation sites (N-methyl/N-ethyl adjacent to an activating group) is 1. The molecule has 1 aliphatic rings. The number of hydrogen-bond donors (Lipinski definition) is 1. The molecule has 0 aliphatic carbocycles. The normalized spacial score (nSPS) is 17.5. The Labute approximate surface area is 103 Å². The molecule has 1 N–H and O–H groups in total. The zero-order valence-electron chi connectivity index (χ0n) is 10.8. The van der Waals surface area contributed by atoms with Gasteiger partial charge in [0.2, 0.25) is 0 Å². The zero-order chi connectivity index (χ0) is 12.3. The van der Waals surface area contributed by atoms with Gasteiger partial charge >= 0.3 is 0 Å². The number of piperazine rings is 1. The van der Waals surface area contributed by atoms with Crippen LogP contribution in [0.5, 0.6) is 0 Å². The maximum atomic E-state index is 4.46. The molecule has 94 valence electrons. The summed E-state index contributed by atoms with van der Waals surface area (Å²) in [5, 5.41) is 3.24. The summed E-state index contributed by atoms with van der Waals surface area (Å²) in [4.78, 5) is 13.5. The van der Waals surface area contributed by atoms with E-state index in [4.69, 9.17) is 0 Å². The Balaban J connectivity index is 1.97. The summed E-state index contributed by atoms with van der Waals surface area (Å²) in [5.74, 6) is 1.82. The van der Waals surface area contributed by atoms with Crippen LogP contribution in [0.15, 0.2) is 12.4 Å². The highest BCUT2D eigenvalue weighted by atomic mass is 15.3. The summed E-state index contributed by atoms with van der Waals surface area (Å²) in [5.41, 5.74) is 0. The van der Waals surface area contributed by atoms with Gasteiger partial charge in [-0.2, -0.15) is 0 Å². The van der Waals surface area contributed by atoms with Crippen LogP contribution in [0.3, 0.4) is 0 Å². The predicted octanol–water partition coefficient (Wildman–Crippen LogP) is 1.05. The van der Waals surface area contributed by atoms with E-state index in [1.165, 1.54) is 0 Å². The van der Waals surface area contributed by atoms with Crippen LogP contribution in [-0.4, -0.2) is 54.1 Å². The zero-order valence-corrected chi connectivity index (χ0v) is 10.8. The van der Waals surface area contributed by atoms with Crippen molar-refractivity contribution >= 4 is 11.6 Å². The second kappa shape index (κ2) is 5.31. The molecule has 1 fully saturated rings. The van der Waals surface area contributed by atoms with Crippen molar-refractivity contribution in [2.75, 3.05) is 43.4 Å². The minimum atomic E-state index is 0.388. The maximum Gasteiger partial charge on any atom is 0.147 e. The highest BCUT2D eigenvalue weighted by Crippen LogP contribution is 2.13. The molecule has 0 spiro atoms. The Morgan fingerprint density at radius 3 is 2.35 bits per heavy atom. The lowest BCUT2D eigenvalue weighted by Crippen LogP contribution is -2.44. The van der Waals surface area contributed by atoms with Crippen molar-refractivity contribution in [3.8, 4) is 0 Å². The highest BCUT2D eigenvalue weighted by molar-refractivity contribution is 5.42. The van der Waals surface area contributed by atoms with Gasteiger partial charge in [0.05, 0.1) is 12.4 Å². The fourth-order valence-corrected chi connectivity index (χ4v) is 1.89. The van der Waals surface area contributed by atoms with E-state index in [1.54, 1.807) is 0 Å². The summed E-state index contributed by atoms with van der Waals surface area (Å²) in [6, 6.07) is 0.388. The molecule has 0 unspecified atom stereocenters. The summed E-state index contributed by atoms with van der Waals surface area (Å²) < 4.78 is 0. The van der Waals surface area contributed by atoms with E-state index in [0.29, 0.717) is 6.04 Å². The topological polar surface area (TPSA) is 44.3 Å². The Hall–Kier alpha value is -1.36. The Morgan fingerprint density at radius 1 is 1.12 bits per heavy atom. The van der Waals surface area contributed by atoms with E-state index >= 15 is 0 Å². The third kappa shape index (κ3) is 3.30. The number of nitrogens with one attached hydrogen (secondary N) is 1. The molecule has 1 aromatic heterocycles. The second-order valence-corrected chi connectivity index (χ2v) is 4.85. The van der Waals surface area contributed by atoms with Gasteiger partial charge in [-0.25, -0.2) is 9.97 Å². The van der Waals surface area contributed by atoms with Crippen molar-refractivity contribution in [1.29, 1.82) is 0 Å². The van der Waals surface area contributed by atoms with Crippen molar-refractivity contribution in [1.82, 2.24) is 14.9 Å². The van der Waals surface area contributed by atoms with Crippen LogP contribution in [0, 0.1) is 0 Å². The van der Waals surface area contributed by atoms with E-state index in [2.05, 4.69) is 46.0 Å². The largest absolute Gasteiger partial charge is 0.367 e. The molecule has 0 amide bonds. The third-order valence-electron chi connectivity index (χ3n) is 2.90. The molecule has 0 atom stereocenters. The van der Waals surface area contributed by atoms with Gasteiger partial charge in [-0.3, -0.25) is 0 Å². The molecule has 1 saturated heterocycles. The van der Waals surface area contributed by atoms with Crippen LogP contribution in [0.25, 0.3) is 0 Å². The third-order valence-corrected chi connectivity index (χ3v) is 2.90. The van der Waals surface area contributed by atoms with Crippen molar-refractivity contribution in [3.63, 3.8) is 0 Å². The molecular weight excluding hydrogens is 214 g/mol. The molecule has 5 nitrogen and oxygen atoms in total. The van der Waals surface area contributed by atoms with Gasteiger partial charge in [0.1, 0.15) is 11.6 Å². The minimum Gasteiger partial charge on any atom is -0.367 e. The van der Waals surface area contributed by atoms with E-state index in [9.17, 15) is 0 Å². The number of nitrogens with zero attached hydrogens (tertiary/aromatic N) is 4. The van der Waals surface area contributed by atoms with Gasteiger partial charge in [-0.1, -0.05) is 0 Å². The smallest absolute Gasteiger partial charge is 0.147 e. The molecule has 2 rings (SSSR count). The first-order valence-corrected chi connectivity index (χ1v) is 6.17. The van der Waals surface area contributed by atoms with Gasteiger partial charge in [0, 0.05) is 32.2 Å². The predicted molar refractivity (Wildman–Crippen MR) is 70.5 cm³/mol. The number of hydrogen-bond acceptors (Lipinski definition) is 5. The van der Waals surface area contributed by atoms with E-state index in [-0.39, 0.29) is 0 Å². The molecule has 0 bridgehead atoms. The van der Waals surface area contributed by atoms with E-state index in [1.807, 2.05) is 12.4 Å². The van der Waals surface area contributed by atoms with Crippen LogP contribution in [0.4, 0.5) is 11.6 Å². The van der Waals surface area contributed by atoms with Gasteiger partial charge in [0.15, 0.2) is 0 Å². The molecular formula is C12H21N5. The maximum absolute atomic E-state index is 4.46. The second-order valence-electron chi connectivity index (χ2n) is 4.85. The van der Waals surface area contributed by atoms with Crippen LogP contribution in [-0.2, 0) is 0 Å². The average molecular weight is 235 g/mol. The van der Waals surface area contributed by atoms with Crippen LogP contribution >= 0.6 is 0 Å². The van der Waals surface area contributed by atoms with Crippen LogP contribution in [0.2, 0.25) is 0 Å². The summed E-state index contributed by atoms with van der Waals surface area (Å²) in [6.07, 6.45) is 3.67. The molecule has 2 heterocycles. The summed E-state index contributed by atoms with van der Waals surface area (Å²) in [7, 11) is 2.15. The first-order chi connectivity index (χ1) is 8.15. The van der Waals surface area contributed by atoms with E-state index < -0.39 is 0 Å². The van der Waals surface area contributed by atoms with Crippen molar-refractivity contribution < 1.29 is 0 Å². The summed E-state index contributed by atoms with van der Waals surface area (Å²) >= 11 is 0. The average Bonchev–Trinajstić information content (AvgIpc) is 2.30. The molecule has 1 aromatic rings. The van der Waals surface area contributed by atoms with Crippen molar-refractivity contribution in [2.24, 2.45) is 0 Å². The number of aromatic nitrogens is 2. The van der Waals surface area contributed by atoms with E-state index in [0.717, 1.165) is 37.8 Å². The molecule has 0 radical (unpaired) electrons. The first kappa shape index (κ1) is 12.1. The first-order valence-electron chi connectivity index (χ1n) is 6.17. The summed E-state index contributed by atoms with van der Waals surface area (Å²) in [6.45, 7) is 8.43. The fourth-order valence-electron chi connectivity index (χ4n) is 1.89. The van der Waals surface area contributed by atoms with Crippen LogP contribution < -0.4 is 10.2 Å². The number of anilines is 2.